The summed E-state index contributed by atoms with van der Waals surface area (Å²) in [5, 5.41) is 18.5. The third kappa shape index (κ3) is 5.16. The topological polar surface area (TPSA) is 84.9 Å². The molecule has 3 N–H and O–H groups in total. The van der Waals surface area contributed by atoms with E-state index in [-0.39, 0.29) is 34.8 Å². The molecular weight excluding hydrogens is 491 g/mol. The van der Waals surface area contributed by atoms with E-state index in [1.54, 1.807) is 26.4 Å². The van der Waals surface area contributed by atoms with Gasteiger partial charge >= 0.3 is 0 Å². The van der Waals surface area contributed by atoms with Gasteiger partial charge in [-0.1, -0.05) is 11.6 Å². The number of carbonyl (C=O) groups is 1. The SMILES string of the molecule is CN/C(=C1/CCN(C(=O)c2cc(F)cc(CCc3cn[nH]c3)c2Cl)[C@@H](C)C1=N)c1cc(F)cc(F)c1. The standard InChI is InChI=1S/C26H25ClF3N5O/c1-14-24(31)21(25(32-2)17-8-18(28)10-19(29)9-17)5-6-35(14)26(36)22-11-20(30)7-16(23(22)27)4-3-15-12-33-34-13-15/h7-14,31-32H,3-6H2,1-2H3,(H,33,34)/b25-21-,31-24?/t14-/m0/s1. The minimum Gasteiger partial charge on any atom is -0.387 e. The number of H-pyrrole nitrogens is 1. The fourth-order valence-corrected chi connectivity index (χ4v) is 4.79. The van der Waals surface area contributed by atoms with E-state index in [0.29, 0.717) is 29.7 Å². The largest absolute Gasteiger partial charge is 0.387 e. The zero-order valence-electron chi connectivity index (χ0n) is 19.8. The zero-order valence-corrected chi connectivity index (χ0v) is 20.5. The van der Waals surface area contributed by atoms with Crippen LogP contribution in [0.25, 0.3) is 5.70 Å². The van der Waals surface area contributed by atoms with Gasteiger partial charge in [-0.15, -0.1) is 0 Å². The minimum atomic E-state index is -0.727. The number of hydrogen-bond acceptors (Lipinski definition) is 4. The van der Waals surface area contributed by atoms with Gasteiger partial charge in [-0.05, 0) is 61.6 Å². The van der Waals surface area contributed by atoms with E-state index in [0.717, 1.165) is 17.7 Å². The number of hydrogen-bond donors (Lipinski definition) is 3. The maximum Gasteiger partial charge on any atom is 0.256 e. The number of carbonyl (C=O) groups excluding carboxylic acids is 1. The molecule has 2 aromatic carbocycles. The van der Waals surface area contributed by atoms with Crippen molar-refractivity contribution in [2.45, 2.75) is 32.2 Å². The molecule has 1 fully saturated rings. The first kappa shape index (κ1) is 25.5. The minimum absolute atomic E-state index is 0.0342. The fraction of sp³-hybridized carbons (Fsp3) is 0.269. The van der Waals surface area contributed by atoms with E-state index >= 15 is 0 Å². The number of benzene rings is 2. The van der Waals surface area contributed by atoms with Crippen LogP contribution >= 0.6 is 11.6 Å². The van der Waals surface area contributed by atoms with Gasteiger partial charge in [0.15, 0.2) is 0 Å². The van der Waals surface area contributed by atoms with Crippen LogP contribution in [0.5, 0.6) is 0 Å². The highest BCUT2D eigenvalue weighted by atomic mass is 35.5. The van der Waals surface area contributed by atoms with Gasteiger partial charge in [-0.2, -0.15) is 5.10 Å². The first-order valence-corrected chi connectivity index (χ1v) is 11.8. The highest BCUT2D eigenvalue weighted by Crippen LogP contribution is 2.31. The van der Waals surface area contributed by atoms with Crippen molar-refractivity contribution < 1.29 is 18.0 Å². The predicted molar refractivity (Wildman–Crippen MR) is 133 cm³/mol. The van der Waals surface area contributed by atoms with Gasteiger partial charge in [-0.3, -0.25) is 9.89 Å². The molecule has 2 heterocycles. The molecule has 1 atom stereocenters. The molecule has 1 aliphatic heterocycles. The summed E-state index contributed by atoms with van der Waals surface area (Å²) in [5.74, 6) is -2.51. The monoisotopic (exact) mass is 515 g/mol. The first-order chi connectivity index (χ1) is 17.2. The molecule has 4 rings (SSSR count). The number of rotatable bonds is 6. The van der Waals surface area contributed by atoms with E-state index in [1.165, 1.54) is 23.1 Å². The van der Waals surface area contributed by atoms with Crippen LogP contribution in [0.1, 0.15) is 40.4 Å². The molecule has 36 heavy (non-hydrogen) atoms. The third-order valence-electron chi connectivity index (χ3n) is 6.36. The highest BCUT2D eigenvalue weighted by Gasteiger charge is 2.33. The Bertz CT molecular complexity index is 1320. The molecule has 0 spiro atoms. The van der Waals surface area contributed by atoms with Gasteiger partial charge in [0.05, 0.1) is 28.5 Å². The Morgan fingerprint density at radius 2 is 1.86 bits per heavy atom. The van der Waals surface area contributed by atoms with Crippen LogP contribution in [-0.4, -0.2) is 46.4 Å². The smallest absolute Gasteiger partial charge is 0.256 e. The van der Waals surface area contributed by atoms with E-state index in [2.05, 4.69) is 15.5 Å². The van der Waals surface area contributed by atoms with Gasteiger partial charge in [-0.25, -0.2) is 13.2 Å². The summed E-state index contributed by atoms with van der Waals surface area (Å²) in [7, 11) is 1.61. The lowest BCUT2D eigenvalue weighted by atomic mass is 9.90. The number of aromatic amines is 1. The van der Waals surface area contributed by atoms with Crippen LogP contribution < -0.4 is 5.32 Å². The van der Waals surface area contributed by atoms with Crippen molar-refractivity contribution >= 4 is 28.9 Å². The third-order valence-corrected chi connectivity index (χ3v) is 6.80. The van der Waals surface area contributed by atoms with Crippen molar-refractivity contribution in [1.29, 1.82) is 5.41 Å². The zero-order chi connectivity index (χ0) is 26.0. The van der Waals surface area contributed by atoms with Gasteiger partial charge in [0, 0.05) is 42.7 Å². The van der Waals surface area contributed by atoms with Crippen molar-refractivity contribution in [3.63, 3.8) is 0 Å². The lowest BCUT2D eigenvalue weighted by molar-refractivity contribution is 0.0728. The molecule has 3 aromatic rings. The molecule has 6 nitrogen and oxygen atoms in total. The average Bonchev–Trinajstić information content (AvgIpc) is 3.35. The number of aryl methyl sites for hydroxylation is 2. The Hall–Kier alpha value is -3.59. The number of halogens is 4. The Labute approximate surface area is 211 Å². The summed E-state index contributed by atoms with van der Waals surface area (Å²) >= 11 is 6.55. The molecule has 10 heteroatoms. The lowest BCUT2D eigenvalue weighted by Gasteiger charge is -2.36. The Balaban J connectivity index is 1.60. The number of amides is 1. The maximum atomic E-state index is 14.5. The van der Waals surface area contributed by atoms with Crippen molar-refractivity contribution in [2.24, 2.45) is 0 Å². The highest BCUT2D eigenvalue weighted by molar-refractivity contribution is 6.34. The van der Waals surface area contributed by atoms with Crippen molar-refractivity contribution in [3.8, 4) is 0 Å². The first-order valence-electron chi connectivity index (χ1n) is 11.4. The molecule has 1 aliphatic rings. The van der Waals surface area contributed by atoms with E-state index in [4.69, 9.17) is 17.0 Å². The van der Waals surface area contributed by atoms with Gasteiger partial charge in [0.2, 0.25) is 0 Å². The fourth-order valence-electron chi connectivity index (χ4n) is 4.50. The van der Waals surface area contributed by atoms with Crippen molar-refractivity contribution in [1.82, 2.24) is 20.4 Å². The summed E-state index contributed by atoms with van der Waals surface area (Å²) in [6, 6.07) is 4.92. The van der Waals surface area contributed by atoms with Crippen LogP contribution in [0.2, 0.25) is 5.02 Å². The molecule has 1 aromatic heterocycles. The van der Waals surface area contributed by atoms with E-state index in [9.17, 15) is 18.0 Å². The second-order valence-electron chi connectivity index (χ2n) is 8.63. The molecule has 0 radical (unpaired) electrons. The summed E-state index contributed by atoms with van der Waals surface area (Å²) in [4.78, 5) is 14.9. The summed E-state index contributed by atoms with van der Waals surface area (Å²) < 4.78 is 42.1. The van der Waals surface area contributed by atoms with E-state index in [1.807, 2.05) is 0 Å². The van der Waals surface area contributed by atoms with Crippen LogP contribution in [0, 0.1) is 22.9 Å². The average molecular weight is 516 g/mol. The van der Waals surface area contributed by atoms with Crippen molar-refractivity contribution in [3.05, 3.63) is 93.0 Å². The Kier molecular flexibility index (Phi) is 7.49. The maximum absolute atomic E-state index is 14.5. The van der Waals surface area contributed by atoms with Crippen molar-refractivity contribution in [2.75, 3.05) is 13.6 Å². The van der Waals surface area contributed by atoms with Gasteiger partial charge in [0.25, 0.3) is 5.91 Å². The quantitative estimate of drug-likeness (QED) is 0.424. The van der Waals surface area contributed by atoms with Crippen LogP contribution in [0.4, 0.5) is 13.2 Å². The molecule has 0 unspecified atom stereocenters. The predicted octanol–water partition coefficient (Wildman–Crippen LogP) is 5.15. The molecule has 0 saturated carbocycles. The normalized spacial score (nSPS) is 17.3. The Morgan fingerprint density at radius 3 is 2.50 bits per heavy atom. The van der Waals surface area contributed by atoms with Gasteiger partial charge in [0.1, 0.15) is 17.5 Å². The second-order valence-corrected chi connectivity index (χ2v) is 9.01. The van der Waals surface area contributed by atoms with Crippen LogP contribution in [0.15, 0.2) is 48.3 Å². The molecule has 188 valence electrons. The number of piperidine rings is 1. The molecular formula is C26H25ClF3N5O. The molecule has 0 bridgehead atoms. The molecule has 1 amide bonds. The Morgan fingerprint density at radius 1 is 1.17 bits per heavy atom. The number of nitrogens with zero attached hydrogens (tertiary/aromatic N) is 2. The molecule has 1 saturated heterocycles. The summed E-state index contributed by atoms with van der Waals surface area (Å²) in [5.41, 5.74) is 2.83. The summed E-state index contributed by atoms with van der Waals surface area (Å²) in [6.45, 7) is 1.91. The van der Waals surface area contributed by atoms with Gasteiger partial charge < -0.3 is 15.6 Å². The van der Waals surface area contributed by atoms with E-state index < -0.39 is 29.4 Å². The molecule has 0 aliphatic carbocycles. The summed E-state index contributed by atoms with van der Waals surface area (Å²) in [6.07, 6.45) is 4.67. The second kappa shape index (κ2) is 10.6. The van der Waals surface area contributed by atoms with Crippen LogP contribution in [-0.2, 0) is 12.8 Å². The number of likely N-dealkylation sites (tertiary alicyclic amines) is 1. The number of nitrogens with one attached hydrogen (secondary N) is 3. The van der Waals surface area contributed by atoms with Crippen LogP contribution in [0.3, 0.4) is 0 Å². The number of aromatic nitrogens is 2. The lowest BCUT2D eigenvalue weighted by Crippen LogP contribution is -2.48.